The molecule has 0 saturated heterocycles. The number of aromatic hydroxyl groups is 1. The number of phenols is 1. The molecule has 0 spiro atoms. The van der Waals surface area contributed by atoms with Crippen molar-refractivity contribution < 1.29 is 15.0 Å². The standard InChI is InChI=1S/C10H11IO3/c11-8-6-7(4-5-9(8)12)2-1-3-10(13)14/h4-6,12H,1-3H2,(H,13,14). The first-order valence-corrected chi connectivity index (χ1v) is 5.36. The quantitative estimate of drug-likeness (QED) is 0.840. The molecule has 0 amide bonds. The predicted molar refractivity (Wildman–Crippen MR) is 61.4 cm³/mol. The molecule has 4 heteroatoms. The van der Waals surface area contributed by atoms with Gasteiger partial charge in [0.25, 0.3) is 0 Å². The minimum atomic E-state index is -0.765. The molecule has 0 fully saturated rings. The molecule has 0 radical (unpaired) electrons. The van der Waals surface area contributed by atoms with Gasteiger partial charge >= 0.3 is 5.97 Å². The lowest BCUT2D eigenvalue weighted by Crippen LogP contribution is -1.96. The maximum Gasteiger partial charge on any atom is 0.303 e. The lowest BCUT2D eigenvalue weighted by Gasteiger charge is -2.02. The van der Waals surface area contributed by atoms with Crippen molar-refractivity contribution >= 4 is 28.6 Å². The highest BCUT2D eigenvalue weighted by molar-refractivity contribution is 14.1. The number of hydrogen-bond donors (Lipinski definition) is 2. The normalized spacial score (nSPS) is 10.1. The van der Waals surface area contributed by atoms with Crippen molar-refractivity contribution in [1.29, 1.82) is 0 Å². The zero-order valence-corrected chi connectivity index (χ0v) is 9.69. The van der Waals surface area contributed by atoms with Gasteiger partial charge in [-0.15, -0.1) is 0 Å². The molecule has 0 saturated carbocycles. The van der Waals surface area contributed by atoms with Crippen LogP contribution in [0.25, 0.3) is 0 Å². The summed E-state index contributed by atoms with van der Waals surface area (Å²) < 4.78 is 0.801. The maximum atomic E-state index is 10.3. The van der Waals surface area contributed by atoms with E-state index in [-0.39, 0.29) is 12.2 Å². The van der Waals surface area contributed by atoms with Crippen LogP contribution >= 0.6 is 22.6 Å². The third kappa shape index (κ3) is 3.53. The molecule has 0 aromatic heterocycles. The van der Waals surface area contributed by atoms with Crippen LogP contribution in [-0.4, -0.2) is 16.2 Å². The van der Waals surface area contributed by atoms with Gasteiger partial charge in [0, 0.05) is 6.42 Å². The maximum absolute atomic E-state index is 10.3. The fourth-order valence-electron chi connectivity index (χ4n) is 1.15. The highest BCUT2D eigenvalue weighted by Crippen LogP contribution is 2.21. The molecule has 3 nitrogen and oxygen atoms in total. The van der Waals surface area contributed by atoms with E-state index >= 15 is 0 Å². The van der Waals surface area contributed by atoms with Crippen LogP contribution in [0, 0.1) is 3.57 Å². The highest BCUT2D eigenvalue weighted by Gasteiger charge is 2.01. The second-order valence-corrected chi connectivity index (χ2v) is 4.20. The number of carboxylic acids is 1. The van der Waals surface area contributed by atoms with Crippen molar-refractivity contribution in [2.75, 3.05) is 0 Å². The van der Waals surface area contributed by atoms with Crippen molar-refractivity contribution in [3.63, 3.8) is 0 Å². The van der Waals surface area contributed by atoms with Crippen LogP contribution in [-0.2, 0) is 11.2 Å². The molecular formula is C10H11IO3. The van der Waals surface area contributed by atoms with E-state index in [2.05, 4.69) is 0 Å². The minimum absolute atomic E-state index is 0.192. The Kier molecular flexibility index (Phi) is 4.19. The Hall–Kier alpha value is -0.780. The van der Waals surface area contributed by atoms with Crippen molar-refractivity contribution in [2.24, 2.45) is 0 Å². The highest BCUT2D eigenvalue weighted by atomic mass is 127. The molecule has 2 N–H and O–H groups in total. The number of aryl methyl sites for hydroxylation is 1. The van der Waals surface area contributed by atoms with E-state index in [4.69, 9.17) is 5.11 Å². The molecule has 0 aliphatic rings. The van der Waals surface area contributed by atoms with Crippen LogP contribution in [0.2, 0.25) is 0 Å². The first kappa shape index (κ1) is 11.3. The molecule has 0 atom stereocenters. The molecular weight excluding hydrogens is 295 g/mol. The second kappa shape index (κ2) is 5.19. The lowest BCUT2D eigenvalue weighted by atomic mass is 10.1. The monoisotopic (exact) mass is 306 g/mol. The summed E-state index contributed by atoms with van der Waals surface area (Å²) in [5.41, 5.74) is 1.06. The van der Waals surface area contributed by atoms with Gasteiger partial charge in [-0.3, -0.25) is 4.79 Å². The lowest BCUT2D eigenvalue weighted by molar-refractivity contribution is -0.137. The summed E-state index contributed by atoms with van der Waals surface area (Å²) >= 11 is 2.05. The number of aliphatic carboxylic acids is 1. The summed E-state index contributed by atoms with van der Waals surface area (Å²) in [6.07, 6.45) is 1.57. The van der Waals surface area contributed by atoms with Gasteiger partial charge in [-0.1, -0.05) is 6.07 Å². The number of rotatable bonds is 4. The Labute approximate surface area is 95.9 Å². The van der Waals surface area contributed by atoms with Gasteiger partial charge in [-0.2, -0.15) is 0 Å². The summed E-state index contributed by atoms with van der Waals surface area (Å²) in [6.45, 7) is 0. The summed E-state index contributed by atoms with van der Waals surface area (Å²) in [5, 5.41) is 17.7. The first-order valence-electron chi connectivity index (χ1n) is 4.29. The number of halogens is 1. The van der Waals surface area contributed by atoms with Gasteiger partial charge in [-0.25, -0.2) is 0 Å². The molecule has 0 bridgehead atoms. The molecule has 1 aromatic carbocycles. The Bertz CT molecular complexity index is 336. The Morgan fingerprint density at radius 2 is 2.14 bits per heavy atom. The Morgan fingerprint density at radius 1 is 1.43 bits per heavy atom. The van der Waals surface area contributed by atoms with Crippen LogP contribution in [0.4, 0.5) is 0 Å². The molecule has 14 heavy (non-hydrogen) atoms. The Balaban J connectivity index is 2.51. The SMILES string of the molecule is O=C(O)CCCc1ccc(O)c(I)c1. The van der Waals surface area contributed by atoms with Gasteiger partial charge in [0.1, 0.15) is 5.75 Å². The third-order valence-corrected chi connectivity index (χ3v) is 2.73. The van der Waals surface area contributed by atoms with Crippen LogP contribution in [0.5, 0.6) is 5.75 Å². The predicted octanol–water partition coefficient (Wildman–Crippen LogP) is 2.40. The van der Waals surface area contributed by atoms with Gasteiger partial charge in [0.15, 0.2) is 0 Å². The average Bonchev–Trinajstić information content (AvgIpc) is 2.10. The number of hydrogen-bond acceptors (Lipinski definition) is 2. The average molecular weight is 306 g/mol. The summed E-state index contributed by atoms with van der Waals surface area (Å²) in [5.74, 6) is -0.494. The van der Waals surface area contributed by atoms with E-state index in [1.165, 1.54) is 0 Å². The van der Waals surface area contributed by atoms with Gasteiger partial charge in [0.2, 0.25) is 0 Å². The molecule has 0 aliphatic heterocycles. The number of carboxylic acid groups (broad SMARTS) is 1. The zero-order valence-electron chi connectivity index (χ0n) is 7.53. The summed E-state index contributed by atoms with van der Waals surface area (Å²) in [6, 6.07) is 5.33. The van der Waals surface area contributed by atoms with Crippen LogP contribution in [0.1, 0.15) is 18.4 Å². The largest absolute Gasteiger partial charge is 0.507 e. The fraction of sp³-hybridized carbons (Fsp3) is 0.300. The fourth-order valence-corrected chi connectivity index (χ4v) is 1.73. The van der Waals surface area contributed by atoms with E-state index < -0.39 is 5.97 Å². The van der Waals surface area contributed by atoms with Crippen molar-refractivity contribution in [3.05, 3.63) is 27.3 Å². The number of benzene rings is 1. The minimum Gasteiger partial charge on any atom is -0.507 e. The second-order valence-electron chi connectivity index (χ2n) is 3.03. The third-order valence-electron chi connectivity index (χ3n) is 1.87. The van der Waals surface area contributed by atoms with E-state index in [0.29, 0.717) is 6.42 Å². The van der Waals surface area contributed by atoms with E-state index in [1.54, 1.807) is 6.07 Å². The summed E-state index contributed by atoms with van der Waals surface area (Å²) in [4.78, 5) is 10.3. The molecule has 1 aromatic rings. The van der Waals surface area contributed by atoms with Crippen molar-refractivity contribution in [2.45, 2.75) is 19.3 Å². The van der Waals surface area contributed by atoms with Gasteiger partial charge in [-0.05, 0) is 53.1 Å². The van der Waals surface area contributed by atoms with Gasteiger partial charge < -0.3 is 10.2 Å². The molecule has 76 valence electrons. The summed E-state index contributed by atoms with van der Waals surface area (Å²) in [7, 11) is 0. The van der Waals surface area contributed by atoms with E-state index in [0.717, 1.165) is 15.6 Å². The smallest absolute Gasteiger partial charge is 0.303 e. The first-order chi connectivity index (χ1) is 6.59. The van der Waals surface area contributed by atoms with Gasteiger partial charge in [0.05, 0.1) is 3.57 Å². The van der Waals surface area contributed by atoms with Crippen molar-refractivity contribution in [3.8, 4) is 5.75 Å². The topological polar surface area (TPSA) is 57.5 Å². The molecule has 0 heterocycles. The number of carbonyl (C=O) groups is 1. The molecule has 0 aliphatic carbocycles. The zero-order chi connectivity index (χ0) is 10.6. The van der Waals surface area contributed by atoms with E-state index in [1.807, 2.05) is 34.7 Å². The van der Waals surface area contributed by atoms with Crippen LogP contribution in [0.15, 0.2) is 18.2 Å². The van der Waals surface area contributed by atoms with Crippen molar-refractivity contribution in [1.82, 2.24) is 0 Å². The van der Waals surface area contributed by atoms with Crippen LogP contribution < -0.4 is 0 Å². The molecule has 1 rings (SSSR count). The van der Waals surface area contributed by atoms with E-state index in [9.17, 15) is 9.90 Å². The van der Waals surface area contributed by atoms with Crippen LogP contribution in [0.3, 0.4) is 0 Å². The number of phenolic OH excluding ortho intramolecular Hbond substituents is 1. The molecule has 0 unspecified atom stereocenters. The Morgan fingerprint density at radius 3 is 2.71 bits per heavy atom.